The first-order valence-corrected chi connectivity index (χ1v) is 9.63. The second-order valence-electron chi connectivity index (χ2n) is 6.42. The first kappa shape index (κ1) is 16.8. The summed E-state index contributed by atoms with van der Waals surface area (Å²) >= 11 is 1.70. The van der Waals surface area contributed by atoms with E-state index in [2.05, 4.69) is 16.4 Å². The zero-order chi connectivity index (χ0) is 17.8. The highest BCUT2D eigenvalue weighted by Crippen LogP contribution is 2.31. The van der Waals surface area contributed by atoms with Gasteiger partial charge < -0.3 is 9.64 Å². The first-order chi connectivity index (χ1) is 12.8. The highest BCUT2D eigenvalue weighted by atomic mass is 32.1. The van der Waals surface area contributed by atoms with E-state index in [1.807, 2.05) is 47.4 Å². The Hall–Kier alpha value is -2.66. The van der Waals surface area contributed by atoms with Crippen molar-refractivity contribution < 1.29 is 9.53 Å². The summed E-state index contributed by atoms with van der Waals surface area (Å²) < 4.78 is 5.77. The van der Waals surface area contributed by atoms with E-state index >= 15 is 0 Å². The van der Waals surface area contributed by atoms with Crippen molar-refractivity contribution in [1.29, 1.82) is 0 Å². The van der Waals surface area contributed by atoms with Gasteiger partial charge in [0.15, 0.2) is 0 Å². The van der Waals surface area contributed by atoms with E-state index in [1.165, 1.54) is 4.88 Å². The molecule has 1 saturated carbocycles. The fourth-order valence-electron chi connectivity index (χ4n) is 2.83. The molecule has 0 atom stereocenters. The number of nitrogens with zero attached hydrogens (tertiary/aromatic N) is 2. The third kappa shape index (κ3) is 4.11. The molecule has 0 unspecified atom stereocenters. The number of benzene rings is 1. The van der Waals surface area contributed by atoms with Crippen LogP contribution in [0.1, 0.15) is 33.6 Å². The summed E-state index contributed by atoms with van der Waals surface area (Å²) in [6, 6.07) is 15.8. The highest BCUT2D eigenvalue weighted by molar-refractivity contribution is 7.09. The molecule has 0 N–H and O–H groups in total. The Morgan fingerprint density at radius 3 is 2.65 bits per heavy atom. The van der Waals surface area contributed by atoms with Crippen molar-refractivity contribution in [2.24, 2.45) is 0 Å². The molecule has 2 aromatic heterocycles. The smallest absolute Gasteiger partial charge is 0.254 e. The lowest BCUT2D eigenvalue weighted by atomic mass is 10.2. The SMILES string of the molecule is O=C(c1ccc(OCc2cccnc2)cc1)N(Cc1cccs1)C1CC1. The van der Waals surface area contributed by atoms with Crippen LogP contribution in [0.25, 0.3) is 0 Å². The maximum Gasteiger partial charge on any atom is 0.254 e. The van der Waals surface area contributed by atoms with Crippen molar-refractivity contribution in [2.75, 3.05) is 0 Å². The largest absolute Gasteiger partial charge is 0.489 e. The normalized spacial score (nSPS) is 13.4. The van der Waals surface area contributed by atoms with Crippen molar-refractivity contribution in [3.05, 3.63) is 82.3 Å². The lowest BCUT2D eigenvalue weighted by Gasteiger charge is -2.22. The third-order valence-corrected chi connectivity index (χ3v) is 5.25. The van der Waals surface area contributed by atoms with Gasteiger partial charge in [0.05, 0.1) is 6.54 Å². The fraction of sp³-hybridized carbons (Fsp3) is 0.238. The summed E-state index contributed by atoms with van der Waals surface area (Å²) in [6.45, 7) is 1.16. The molecule has 2 heterocycles. The molecule has 1 aliphatic rings. The van der Waals surface area contributed by atoms with Gasteiger partial charge in [-0.2, -0.15) is 0 Å². The van der Waals surface area contributed by atoms with Gasteiger partial charge in [-0.25, -0.2) is 0 Å². The number of rotatable bonds is 7. The van der Waals surface area contributed by atoms with E-state index < -0.39 is 0 Å². The Labute approximate surface area is 157 Å². The topological polar surface area (TPSA) is 42.4 Å². The number of carbonyl (C=O) groups excluding carboxylic acids is 1. The molecule has 4 rings (SSSR count). The molecule has 5 heteroatoms. The van der Waals surface area contributed by atoms with E-state index in [0.29, 0.717) is 24.8 Å². The summed E-state index contributed by atoms with van der Waals surface area (Å²) in [5, 5.41) is 2.05. The van der Waals surface area contributed by atoms with Crippen LogP contribution in [-0.2, 0) is 13.2 Å². The standard InChI is InChI=1S/C21H20N2O2S/c24-21(23(18-7-8-18)14-20-4-2-12-26-20)17-5-9-19(10-6-17)25-15-16-3-1-11-22-13-16/h1-6,9-13,18H,7-8,14-15H2. The first-order valence-electron chi connectivity index (χ1n) is 8.75. The Kier molecular flexibility index (Phi) is 4.97. The van der Waals surface area contributed by atoms with Crippen LogP contribution in [0, 0.1) is 0 Å². The summed E-state index contributed by atoms with van der Waals surface area (Å²) in [7, 11) is 0. The Balaban J connectivity index is 1.41. The minimum Gasteiger partial charge on any atom is -0.489 e. The van der Waals surface area contributed by atoms with Crippen molar-refractivity contribution in [3.63, 3.8) is 0 Å². The maximum absolute atomic E-state index is 12.9. The number of hydrogen-bond acceptors (Lipinski definition) is 4. The number of carbonyl (C=O) groups is 1. The molecular weight excluding hydrogens is 344 g/mol. The lowest BCUT2D eigenvalue weighted by Crippen LogP contribution is -2.32. The van der Waals surface area contributed by atoms with Crippen molar-refractivity contribution in [2.45, 2.75) is 32.0 Å². The van der Waals surface area contributed by atoms with Gasteiger partial charge in [-0.15, -0.1) is 11.3 Å². The second kappa shape index (κ2) is 7.70. The molecule has 0 spiro atoms. The van der Waals surface area contributed by atoms with Gasteiger partial charge in [0.25, 0.3) is 5.91 Å². The van der Waals surface area contributed by atoms with E-state index in [-0.39, 0.29) is 5.91 Å². The molecule has 0 radical (unpaired) electrons. The van der Waals surface area contributed by atoms with Gasteiger partial charge in [0.1, 0.15) is 12.4 Å². The summed E-state index contributed by atoms with van der Waals surface area (Å²) in [5.74, 6) is 0.848. The fourth-order valence-corrected chi connectivity index (χ4v) is 3.54. The van der Waals surface area contributed by atoms with Crippen LogP contribution >= 0.6 is 11.3 Å². The minimum atomic E-state index is 0.0970. The molecular formula is C21H20N2O2S. The maximum atomic E-state index is 12.9. The van der Waals surface area contributed by atoms with Crippen molar-refractivity contribution in [3.8, 4) is 5.75 Å². The molecule has 1 amide bonds. The van der Waals surface area contributed by atoms with Gasteiger partial charge in [0, 0.05) is 34.4 Å². The van der Waals surface area contributed by atoms with Crippen LogP contribution in [0.4, 0.5) is 0 Å². The average Bonchev–Trinajstić information content (AvgIpc) is 3.41. The van der Waals surface area contributed by atoms with Gasteiger partial charge in [0.2, 0.25) is 0 Å². The quantitative estimate of drug-likeness (QED) is 0.619. The molecule has 3 aromatic rings. The summed E-state index contributed by atoms with van der Waals surface area (Å²) in [5.41, 5.74) is 1.73. The van der Waals surface area contributed by atoms with E-state index in [1.54, 1.807) is 23.7 Å². The number of pyridine rings is 1. The highest BCUT2D eigenvalue weighted by Gasteiger charge is 2.33. The Bertz CT molecular complexity index is 843. The number of ether oxygens (including phenoxy) is 1. The van der Waals surface area contributed by atoms with Crippen LogP contribution in [-0.4, -0.2) is 21.8 Å². The van der Waals surface area contributed by atoms with Gasteiger partial charge in [-0.05, 0) is 54.6 Å². The van der Waals surface area contributed by atoms with E-state index in [4.69, 9.17) is 4.74 Å². The van der Waals surface area contributed by atoms with Gasteiger partial charge in [-0.3, -0.25) is 9.78 Å². The summed E-state index contributed by atoms with van der Waals surface area (Å²) in [4.78, 5) is 20.2. The number of thiophene rings is 1. The van der Waals surface area contributed by atoms with Crippen LogP contribution in [0.5, 0.6) is 5.75 Å². The van der Waals surface area contributed by atoms with Crippen LogP contribution < -0.4 is 4.74 Å². The molecule has 26 heavy (non-hydrogen) atoms. The zero-order valence-corrected chi connectivity index (χ0v) is 15.2. The Morgan fingerprint density at radius 1 is 1.15 bits per heavy atom. The molecule has 0 bridgehead atoms. The van der Waals surface area contributed by atoms with Crippen LogP contribution in [0.2, 0.25) is 0 Å². The zero-order valence-electron chi connectivity index (χ0n) is 14.4. The second-order valence-corrected chi connectivity index (χ2v) is 7.45. The van der Waals surface area contributed by atoms with Crippen molar-refractivity contribution in [1.82, 2.24) is 9.88 Å². The molecule has 132 valence electrons. The summed E-state index contributed by atoms with van der Waals surface area (Å²) in [6.07, 6.45) is 5.73. The molecule has 1 aliphatic carbocycles. The predicted molar refractivity (Wildman–Crippen MR) is 102 cm³/mol. The molecule has 0 aliphatic heterocycles. The van der Waals surface area contributed by atoms with E-state index in [9.17, 15) is 4.79 Å². The third-order valence-electron chi connectivity index (χ3n) is 4.38. The predicted octanol–water partition coefficient (Wildman–Crippen LogP) is 4.53. The minimum absolute atomic E-state index is 0.0970. The average molecular weight is 364 g/mol. The van der Waals surface area contributed by atoms with Crippen LogP contribution in [0.3, 0.4) is 0 Å². The Morgan fingerprint density at radius 2 is 2.00 bits per heavy atom. The number of aromatic nitrogens is 1. The van der Waals surface area contributed by atoms with Crippen LogP contribution in [0.15, 0.2) is 66.3 Å². The molecule has 0 saturated heterocycles. The monoisotopic (exact) mass is 364 g/mol. The van der Waals surface area contributed by atoms with Crippen molar-refractivity contribution >= 4 is 17.2 Å². The molecule has 1 fully saturated rings. The molecule has 4 nitrogen and oxygen atoms in total. The number of amides is 1. The van der Waals surface area contributed by atoms with Gasteiger partial charge >= 0.3 is 0 Å². The van der Waals surface area contributed by atoms with E-state index in [0.717, 1.165) is 24.2 Å². The number of hydrogen-bond donors (Lipinski definition) is 0. The lowest BCUT2D eigenvalue weighted by molar-refractivity contribution is 0.0731. The molecule has 1 aromatic carbocycles. The van der Waals surface area contributed by atoms with Gasteiger partial charge in [-0.1, -0.05) is 12.1 Å².